The molecule has 0 aliphatic carbocycles. The van der Waals surface area contributed by atoms with E-state index in [-0.39, 0.29) is 4.90 Å². The van der Waals surface area contributed by atoms with Crippen LogP contribution in [0.4, 0.5) is 8.78 Å². The van der Waals surface area contributed by atoms with Crippen molar-refractivity contribution >= 4 is 22.4 Å². The van der Waals surface area contributed by atoms with E-state index in [0.717, 1.165) is 0 Å². The normalized spacial score (nSPS) is 15.0. The first-order valence-corrected chi connectivity index (χ1v) is 4.83. The second kappa shape index (κ2) is 4.48. The Morgan fingerprint density at radius 3 is 2.23 bits per heavy atom. The molecule has 0 aliphatic heterocycles. The molecule has 70 valence electrons. The van der Waals surface area contributed by atoms with Crippen LogP contribution in [0.1, 0.15) is 0 Å². The van der Waals surface area contributed by atoms with E-state index in [9.17, 15) is 13.0 Å². The highest BCUT2D eigenvalue weighted by Gasteiger charge is 2.13. The largest absolute Gasteiger partial charge is 0.247 e. The number of benzene rings is 1. The van der Waals surface area contributed by atoms with Gasteiger partial charge in [0.25, 0.3) is 0 Å². The van der Waals surface area contributed by atoms with Crippen molar-refractivity contribution in [3.05, 3.63) is 40.8 Å². The molecular formula is C8H5ClF2OS. The second-order valence-corrected chi connectivity index (χ2v) is 3.82. The zero-order chi connectivity index (χ0) is 9.84. The summed E-state index contributed by atoms with van der Waals surface area (Å²) < 4.78 is 35.9. The van der Waals surface area contributed by atoms with E-state index in [1.807, 2.05) is 0 Å². The summed E-state index contributed by atoms with van der Waals surface area (Å²) in [4.78, 5) is 0.177. The molecule has 0 bridgehead atoms. The molecule has 0 amide bonds. The molecule has 0 saturated heterocycles. The van der Waals surface area contributed by atoms with Crippen LogP contribution in [-0.4, -0.2) is 4.21 Å². The minimum Gasteiger partial charge on any atom is -0.247 e. The molecule has 0 spiro atoms. The van der Waals surface area contributed by atoms with Crippen LogP contribution in [0.25, 0.3) is 0 Å². The molecule has 0 radical (unpaired) electrons. The first kappa shape index (κ1) is 10.3. The minimum absolute atomic E-state index is 0.177. The van der Waals surface area contributed by atoms with Gasteiger partial charge in [0.05, 0.1) is 0 Å². The fraction of sp³-hybridized carbons (Fsp3) is 0. The fourth-order valence-electron chi connectivity index (χ4n) is 0.718. The van der Waals surface area contributed by atoms with Crippen molar-refractivity contribution in [2.45, 2.75) is 4.90 Å². The van der Waals surface area contributed by atoms with Gasteiger partial charge in [0.1, 0.15) is 10.8 Å². The summed E-state index contributed by atoms with van der Waals surface area (Å²) in [5.74, 6) is 0. The first-order valence-electron chi connectivity index (χ1n) is 3.30. The van der Waals surface area contributed by atoms with Crippen molar-refractivity contribution in [2.24, 2.45) is 0 Å². The predicted molar refractivity (Wildman–Crippen MR) is 47.9 cm³/mol. The highest BCUT2D eigenvalue weighted by atomic mass is 35.5. The number of hydrogen-bond acceptors (Lipinski definition) is 1. The Morgan fingerprint density at radius 1 is 1.23 bits per heavy atom. The van der Waals surface area contributed by atoms with E-state index in [0.29, 0.717) is 0 Å². The zero-order valence-electron chi connectivity index (χ0n) is 6.34. The highest BCUT2D eigenvalue weighted by Crippen LogP contribution is 2.21. The number of hydrogen-bond donors (Lipinski definition) is 0. The van der Waals surface area contributed by atoms with Gasteiger partial charge in [0.15, 0.2) is 0 Å². The van der Waals surface area contributed by atoms with Crippen molar-refractivity contribution < 1.29 is 13.0 Å². The topological polar surface area (TPSA) is 17.1 Å². The molecule has 1 rings (SSSR count). The molecule has 0 N–H and O–H groups in total. The van der Waals surface area contributed by atoms with Gasteiger partial charge in [-0.25, -0.2) is 4.21 Å². The summed E-state index contributed by atoms with van der Waals surface area (Å²) in [6.07, 6.45) is 0. The van der Waals surface area contributed by atoms with E-state index in [2.05, 4.69) is 0 Å². The van der Waals surface area contributed by atoms with Gasteiger partial charge in [0, 0.05) is 4.90 Å². The molecule has 5 heteroatoms. The Balaban J connectivity index is 3.00. The van der Waals surface area contributed by atoms with E-state index < -0.39 is 21.2 Å². The van der Waals surface area contributed by atoms with Gasteiger partial charge in [-0.05, 0) is 23.7 Å². The van der Waals surface area contributed by atoms with Crippen molar-refractivity contribution in [3.63, 3.8) is 0 Å². The van der Waals surface area contributed by atoms with Gasteiger partial charge in [-0.3, -0.25) is 0 Å². The molecule has 1 atom stereocenters. The Labute approximate surface area is 81.5 Å². The SMILES string of the molecule is O=S(/C(F)=C(\F)Cl)c1ccccc1. The monoisotopic (exact) mass is 222 g/mol. The van der Waals surface area contributed by atoms with Gasteiger partial charge in [-0.2, -0.15) is 8.78 Å². The summed E-state index contributed by atoms with van der Waals surface area (Å²) in [5.41, 5.74) is 0. The maximum atomic E-state index is 12.7. The fourth-order valence-corrected chi connectivity index (χ4v) is 1.68. The van der Waals surface area contributed by atoms with Gasteiger partial charge < -0.3 is 0 Å². The summed E-state index contributed by atoms with van der Waals surface area (Å²) in [6, 6.07) is 7.68. The zero-order valence-corrected chi connectivity index (χ0v) is 7.91. The molecule has 0 fully saturated rings. The van der Waals surface area contributed by atoms with Crippen LogP contribution in [0.2, 0.25) is 0 Å². The van der Waals surface area contributed by atoms with E-state index in [1.54, 1.807) is 18.2 Å². The average molecular weight is 223 g/mol. The molecule has 0 aliphatic rings. The Bertz CT molecular complexity index is 346. The first-order chi connectivity index (χ1) is 6.13. The van der Waals surface area contributed by atoms with Crippen LogP contribution < -0.4 is 0 Å². The third kappa shape index (κ3) is 2.60. The minimum atomic E-state index is -2.15. The molecular weight excluding hydrogens is 218 g/mol. The second-order valence-electron chi connectivity index (χ2n) is 2.12. The summed E-state index contributed by atoms with van der Waals surface area (Å²) in [6.45, 7) is 0. The predicted octanol–water partition coefficient (Wildman–Crippen LogP) is 3.10. The van der Waals surface area contributed by atoms with Crippen LogP contribution in [-0.2, 0) is 10.8 Å². The molecule has 1 nitrogen and oxygen atoms in total. The van der Waals surface area contributed by atoms with Gasteiger partial charge in [-0.1, -0.05) is 18.2 Å². The standard InChI is InChI=1S/C8H5ClF2OS/c9-7(10)8(11)13(12)6-4-2-1-3-5-6/h1-5H/b8-7-. The van der Waals surface area contributed by atoms with Crippen LogP contribution in [0, 0.1) is 0 Å². The Morgan fingerprint density at radius 2 is 1.77 bits per heavy atom. The van der Waals surface area contributed by atoms with Crippen molar-refractivity contribution in [1.82, 2.24) is 0 Å². The lowest BCUT2D eigenvalue weighted by Gasteiger charge is -1.97. The summed E-state index contributed by atoms with van der Waals surface area (Å²) in [5, 5.41) is -3.02. The summed E-state index contributed by atoms with van der Waals surface area (Å²) >= 11 is 4.72. The molecule has 1 aromatic carbocycles. The lowest BCUT2D eigenvalue weighted by atomic mass is 10.4. The molecule has 1 unspecified atom stereocenters. The third-order valence-electron chi connectivity index (χ3n) is 1.27. The quantitative estimate of drug-likeness (QED) is 0.752. The van der Waals surface area contributed by atoms with Gasteiger partial charge in [-0.15, -0.1) is 0 Å². The Kier molecular flexibility index (Phi) is 3.57. The van der Waals surface area contributed by atoms with Crippen LogP contribution in [0.3, 0.4) is 0 Å². The molecule has 13 heavy (non-hydrogen) atoms. The highest BCUT2D eigenvalue weighted by molar-refractivity contribution is 7.88. The third-order valence-corrected chi connectivity index (χ3v) is 2.75. The molecule has 0 aromatic heterocycles. The van der Waals surface area contributed by atoms with Crippen LogP contribution >= 0.6 is 11.6 Å². The van der Waals surface area contributed by atoms with E-state index in [4.69, 9.17) is 11.6 Å². The number of rotatable bonds is 2. The lowest BCUT2D eigenvalue weighted by molar-refractivity contribution is 0.598. The van der Waals surface area contributed by atoms with Crippen molar-refractivity contribution in [3.8, 4) is 0 Å². The van der Waals surface area contributed by atoms with Gasteiger partial charge in [0.2, 0.25) is 10.4 Å². The smallest absolute Gasteiger partial charge is 0.238 e. The number of halogens is 3. The van der Waals surface area contributed by atoms with E-state index in [1.165, 1.54) is 12.1 Å². The van der Waals surface area contributed by atoms with Crippen molar-refractivity contribution in [2.75, 3.05) is 0 Å². The molecule has 1 aromatic rings. The maximum Gasteiger partial charge on any atom is 0.238 e. The van der Waals surface area contributed by atoms with Gasteiger partial charge >= 0.3 is 0 Å². The molecule has 0 saturated carbocycles. The summed E-state index contributed by atoms with van der Waals surface area (Å²) in [7, 11) is -2.15. The molecule has 0 heterocycles. The lowest BCUT2D eigenvalue weighted by Crippen LogP contribution is -1.91. The van der Waals surface area contributed by atoms with E-state index >= 15 is 0 Å². The Hall–Kier alpha value is -0.740. The maximum absolute atomic E-state index is 12.7. The average Bonchev–Trinajstić information content (AvgIpc) is 2.17. The van der Waals surface area contributed by atoms with Crippen LogP contribution in [0.15, 0.2) is 45.7 Å². The van der Waals surface area contributed by atoms with Crippen molar-refractivity contribution in [1.29, 1.82) is 0 Å². The van der Waals surface area contributed by atoms with Crippen LogP contribution in [0.5, 0.6) is 0 Å².